The SMILES string of the molecule is CNCC(COCC1CC1)Cc1cccc(F)c1. The maximum atomic E-state index is 13.1. The molecule has 0 bridgehead atoms. The minimum atomic E-state index is -0.158. The molecular formula is C15H22FNO. The summed E-state index contributed by atoms with van der Waals surface area (Å²) in [5.74, 6) is 1.06. The average molecular weight is 251 g/mol. The van der Waals surface area contributed by atoms with E-state index in [2.05, 4.69) is 5.32 Å². The molecule has 0 spiro atoms. The molecule has 1 aliphatic carbocycles. The summed E-state index contributed by atoms with van der Waals surface area (Å²) in [4.78, 5) is 0. The van der Waals surface area contributed by atoms with Crippen molar-refractivity contribution in [3.05, 3.63) is 35.6 Å². The van der Waals surface area contributed by atoms with E-state index in [0.717, 1.165) is 37.7 Å². The Morgan fingerprint density at radius 3 is 2.94 bits per heavy atom. The molecule has 1 fully saturated rings. The van der Waals surface area contributed by atoms with E-state index >= 15 is 0 Å². The maximum Gasteiger partial charge on any atom is 0.123 e. The Morgan fingerprint density at radius 1 is 1.44 bits per heavy atom. The second kappa shape index (κ2) is 6.86. The number of halogens is 1. The molecule has 1 aliphatic rings. The van der Waals surface area contributed by atoms with Gasteiger partial charge in [-0.25, -0.2) is 4.39 Å². The van der Waals surface area contributed by atoms with E-state index in [1.807, 2.05) is 13.1 Å². The first-order valence-electron chi connectivity index (χ1n) is 6.74. The van der Waals surface area contributed by atoms with Crippen LogP contribution in [0.25, 0.3) is 0 Å². The Morgan fingerprint density at radius 2 is 2.28 bits per heavy atom. The van der Waals surface area contributed by atoms with Crippen molar-refractivity contribution in [3.8, 4) is 0 Å². The van der Waals surface area contributed by atoms with Crippen molar-refractivity contribution < 1.29 is 9.13 Å². The minimum Gasteiger partial charge on any atom is -0.381 e. The summed E-state index contributed by atoms with van der Waals surface area (Å²) in [5.41, 5.74) is 1.05. The van der Waals surface area contributed by atoms with Crippen LogP contribution < -0.4 is 5.32 Å². The lowest BCUT2D eigenvalue weighted by atomic mass is 10.00. The van der Waals surface area contributed by atoms with Gasteiger partial charge in [-0.05, 0) is 55.8 Å². The lowest BCUT2D eigenvalue weighted by Gasteiger charge is -2.17. The Bertz CT molecular complexity index is 365. The molecule has 2 nitrogen and oxygen atoms in total. The monoisotopic (exact) mass is 251 g/mol. The highest BCUT2D eigenvalue weighted by Crippen LogP contribution is 2.29. The van der Waals surface area contributed by atoms with Crippen LogP contribution in [0.1, 0.15) is 18.4 Å². The third-order valence-corrected chi connectivity index (χ3v) is 3.31. The number of ether oxygens (including phenoxy) is 1. The van der Waals surface area contributed by atoms with Crippen LogP contribution in [0.15, 0.2) is 24.3 Å². The molecule has 1 aromatic rings. The zero-order valence-electron chi connectivity index (χ0n) is 11.0. The number of hydrogen-bond donors (Lipinski definition) is 1. The van der Waals surface area contributed by atoms with E-state index in [1.165, 1.54) is 18.9 Å². The van der Waals surface area contributed by atoms with Crippen molar-refractivity contribution in [1.29, 1.82) is 0 Å². The van der Waals surface area contributed by atoms with Crippen LogP contribution in [0, 0.1) is 17.7 Å². The van der Waals surface area contributed by atoms with Gasteiger partial charge in [0.25, 0.3) is 0 Å². The Kier molecular flexibility index (Phi) is 5.14. The molecule has 1 saturated carbocycles. The van der Waals surface area contributed by atoms with Crippen molar-refractivity contribution in [3.63, 3.8) is 0 Å². The molecule has 0 amide bonds. The van der Waals surface area contributed by atoms with Gasteiger partial charge in [-0.15, -0.1) is 0 Å². The smallest absolute Gasteiger partial charge is 0.123 e. The van der Waals surface area contributed by atoms with Crippen molar-refractivity contribution >= 4 is 0 Å². The average Bonchev–Trinajstić information content (AvgIpc) is 3.13. The summed E-state index contributed by atoms with van der Waals surface area (Å²) < 4.78 is 18.9. The van der Waals surface area contributed by atoms with Crippen molar-refractivity contribution in [2.24, 2.45) is 11.8 Å². The highest BCUT2D eigenvalue weighted by Gasteiger charge is 2.21. The first-order chi connectivity index (χ1) is 8.78. The summed E-state index contributed by atoms with van der Waals surface area (Å²) in [7, 11) is 1.94. The highest BCUT2D eigenvalue weighted by molar-refractivity contribution is 5.16. The minimum absolute atomic E-state index is 0.158. The summed E-state index contributed by atoms with van der Waals surface area (Å²) in [6.45, 7) is 2.55. The molecule has 0 radical (unpaired) electrons. The molecule has 3 heteroatoms. The largest absolute Gasteiger partial charge is 0.381 e. The van der Waals surface area contributed by atoms with Gasteiger partial charge in [0, 0.05) is 13.2 Å². The molecule has 1 atom stereocenters. The molecule has 18 heavy (non-hydrogen) atoms. The molecule has 100 valence electrons. The lowest BCUT2D eigenvalue weighted by molar-refractivity contribution is 0.0913. The Labute approximate surface area is 109 Å². The van der Waals surface area contributed by atoms with E-state index in [0.29, 0.717) is 5.92 Å². The first kappa shape index (κ1) is 13.5. The fourth-order valence-corrected chi connectivity index (χ4v) is 2.16. The molecule has 0 saturated heterocycles. The van der Waals surface area contributed by atoms with Gasteiger partial charge < -0.3 is 10.1 Å². The van der Waals surface area contributed by atoms with Crippen LogP contribution in [-0.2, 0) is 11.2 Å². The molecule has 0 aromatic heterocycles. The maximum absolute atomic E-state index is 13.1. The fourth-order valence-electron chi connectivity index (χ4n) is 2.16. The van der Waals surface area contributed by atoms with Gasteiger partial charge in [-0.1, -0.05) is 12.1 Å². The summed E-state index contributed by atoms with van der Waals surface area (Å²) >= 11 is 0. The molecule has 1 unspecified atom stereocenters. The summed E-state index contributed by atoms with van der Waals surface area (Å²) in [6, 6.07) is 6.85. The van der Waals surface area contributed by atoms with E-state index < -0.39 is 0 Å². The molecule has 1 N–H and O–H groups in total. The van der Waals surface area contributed by atoms with Crippen LogP contribution in [0.5, 0.6) is 0 Å². The molecule has 1 aromatic carbocycles. The van der Waals surface area contributed by atoms with Gasteiger partial charge in [-0.3, -0.25) is 0 Å². The van der Waals surface area contributed by atoms with Crippen LogP contribution >= 0.6 is 0 Å². The van der Waals surface area contributed by atoms with Gasteiger partial charge in [0.2, 0.25) is 0 Å². The van der Waals surface area contributed by atoms with E-state index in [1.54, 1.807) is 12.1 Å². The summed E-state index contributed by atoms with van der Waals surface area (Å²) in [6.07, 6.45) is 3.50. The van der Waals surface area contributed by atoms with E-state index in [-0.39, 0.29) is 5.82 Å². The van der Waals surface area contributed by atoms with Crippen molar-refractivity contribution in [2.45, 2.75) is 19.3 Å². The predicted octanol–water partition coefficient (Wildman–Crippen LogP) is 2.63. The number of hydrogen-bond acceptors (Lipinski definition) is 2. The molecular weight excluding hydrogens is 229 g/mol. The van der Waals surface area contributed by atoms with Gasteiger partial charge in [0.1, 0.15) is 5.82 Å². The van der Waals surface area contributed by atoms with Crippen LogP contribution in [0.4, 0.5) is 4.39 Å². The zero-order chi connectivity index (χ0) is 12.8. The van der Waals surface area contributed by atoms with E-state index in [9.17, 15) is 4.39 Å². The second-order valence-electron chi connectivity index (χ2n) is 5.24. The third-order valence-electron chi connectivity index (χ3n) is 3.31. The van der Waals surface area contributed by atoms with Gasteiger partial charge in [0.15, 0.2) is 0 Å². The molecule has 0 aliphatic heterocycles. The number of nitrogens with one attached hydrogen (secondary N) is 1. The summed E-state index contributed by atoms with van der Waals surface area (Å²) in [5, 5.41) is 3.18. The van der Waals surface area contributed by atoms with Crippen LogP contribution in [0.3, 0.4) is 0 Å². The number of benzene rings is 1. The topological polar surface area (TPSA) is 21.3 Å². The standard InChI is InChI=1S/C15H22FNO/c1-17-9-14(11-18-10-12-5-6-12)7-13-3-2-4-15(16)8-13/h2-4,8,12,14,17H,5-7,9-11H2,1H3. The zero-order valence-corrected chi connectivity index (χ0v) is 11.0. The van der Waals surface area contributed by atoms with E-state index in [4.69, 9.17) is 4.74 Å². The second-order valence-corrected chi connectivity index (χ2v) is 5.24. The fraction of sp³-hybridized carbons (Fsp3) is 0.600. The molecule has 0 heterocycles. The Hall–Kier alpha value is -0.930. The van der Waals surface area contributed by atoms with Gasteiger partial charge in [-0.2, -0.15) is 0 Å². The lowest BCUT2D eigenvalue weighted by Crippen LogP contribution is -2.25. The first-order valence-corrected chi connectivity index (χ1v) is 6.74. The van der Waals surface area contributed by atoms with Crippen molar-refractivity contribution in [1.82, 2.24) is 5.32 Å². The molecule has 2 rings (SSSR count). The highest BCUT2D eigenvalue weighted by atomic mass is 19.1. The Balaban J connectivity index is 1.79. The van der Waals surface area contributed by atoms with Gasteiger partial charge >= 0.3 is 0 Å². The van der Waals surface area contributed by atoms with Crippen molar-refractivity contribution in [2.75, 3.05) is 26.8 Å². The van der Waals surface area contributed by atoms with Gasteiger partial charge in [0.05, 0.1) is 6.61 Å². The third kappa shape index (κ3) is 4.75. The normalized spacial score (nSPS) is 16.8. The predicted molar refractivity (Wildman–Crippen MR) is 71.1 cm³/mol. The van der Waals surface area contributed by atoms with Crippen LogP contribution in [0.2, 0.25) is 0 Å². The quantitative estimate of drug-likeness (QED) is 0.767. The van der Waals surface area contributed by atoms with Crippen LogP contribution in [-0.4, -0.2) is 26.8 Å². The number of rotatable bonds is 8.